The zero-order valence-electron chi connectivity index (χ0n) is 19.3. The SMILES string of the molecule is CCC(C)CNC(=O)CN1CN(c2ccccc2)C2(CCN(C(=O)c3ccco3)CC2)C1=O. The number of furan rings is 1. The van der Waals surface area contributed by atoms with Crippen LogP contribution in [0.3, 0.4) is 0 Å². The van der Waals surface area contributed by atoms with E-state index in [1.54, 1.807) is 21.9 Å². The topological polar surface area (TPSA) is 86.1 Å². The monoisotopic (exact) mass is 452 g/mol. The standard InChI is InChI=1S/C25H32N4O4/c1-3-19(2)16-26-22(30)17-28-18-29(20-8-5-4-6-9-20)25(24(28)32)11-13-27(14-12-25)23(31)21-10-7-15-33-21/h4-10,15,19H,3,11-14,16-18H2,1-2H3,(H,26,30). The number of amides is 3. The number of likely N-dealkylation sites (tertiary alicyclic amines) is 1. The Hall–Kier alpha value is -3.29. The zero-order valence-corrected chi connectivity index (χ0v) is 19.3. The van der Waals surface area contributed by atoms with E-state index >= 15 is 0 Å². The van der Waals surface area contributed by atoms with Gasteiger partial charge in [0.1, 0.15) is 12.1 Å². The van der Waals surface area contributed by atoms with Crippen LogP contribution in [0, 0.1) is 5.92 Å². The van der Waals surface area contributed by atoms with Gasteiger partial charge in [-0.3, -0.25) is 14.4 Å². The van der Waals surface area contributed by atoms with E-state index in [0.29, 0.717) is 50.8 Å². The lowest BCUT2D eigenvalue weighted by molar-refractivity contribution is -0.137. The minimum absolute atomic E-state index is 0.0371. The minimum atomic E-state index is -0.766. The highest BCUT2D eigenvalue weighted by Gasteiger charge is 2.54. The summed E-state index contributed by atoms with van der Waals surface area (Å²) in [6, 6.07) is 13.2. The third-order valence-electron chi connectivity index (χ3n) is 6.87. The maximum absolute atomic E-state index is 13.7. The van der Waals surface area contributed by atoms with Gasteiger partial charge in [-0.2, -0.15) is 0 Å². The summed E-state index contributed by atoms with van der Waals surface area (Å²) in [6.45, 7) is 6.07. The first-order chi connectivity index (χ1) is 15.9. The molecule has 1 N–H and O–H groups in total. The van der Waals surface area contributed by atoms with Crippen molar-refractivity contribution in [2.24, 2.45) is 5.92 Å². The summed E-state index contributed by atoms with van der Waals surface area (Å²) in [5.74, 6) is 0.358. The van der Waals surface area contributed by atoms with Gasteiger partial charge in [0.2, 0.25) is 5.91 Å². The van der Waals surface area contributed by atoms with Crippen LogP contribution in [0.1, 0.15) is 43.7 Å². The van der Waals surface area contributed by atoms with E-state index in [0.717, 1.165) is 12.1 Å². The molecule has 8 nitrogen and oxygen atoms in total. The smallest absolute Gasteiger partial charge is 0.289 e. The van der Waals surface area contributed by atoms with Crippen LogP contribution >= 0.6 is 0 Å². The van der Waals surface area contributed by atoms with Crippen molar-refractivity contribution >= 4 is 23.4 Å². The van der Waals surface area contributed by atoms with Crippen molar-refractivity contribution in [2.75, 3.05) is 37.7 Å². The highest BCUT2D eigenvalue weighted by molar-refractivity contribution is 5.97. The lowest BCUT2D eigenvalue weighted by atomic mass is 9.85. The summed E-state index contributed by atoms with van der Waals surface area (Å²) in [5, 5.41) is 2.95. The Labute approximate surface area is 194 Å². The number of rotatable bonds is 7. The molecule has 2 aliphatic rings. The molecule has 2 saturated heterocycles. The van der Waals surface area contributed by atoms with Crippen LogP contribution in [0.5, 0.6) is 0 Å². The molecule has 4 rings (SSSR count). The van der Waals surface area contributed by atoms with Crippen molar-refractivity contribution in [2.45, 2.75) is 38.6 Å². The lowest BCUT2D eigenvalue weighted by Gasteiger charge is -2.43. The first kappa shape index (κ1) is 22.9. The van der Waals surface area contributed by atoms with E-state index < -0.39 is 5.54 Å². The van der Waals surface area contributed by atoms with Crippen molar-refractivity contribution in [3.63, 3.8) is 0 Å². The second-order valence-electron chi connectivity index (χ2n) is 9.03. The summed E-state index contributed by atoms with van der Waals surface area (Å²) in [6.07, 6.45) is 3.47. The molecule has 2 aliphatic heterocycles. The molecule has 1 unspecified atom stereocenters. The van der Waals surface area contributed by atoms with E-state index in [2.05, 4.69) is 24.1 Å². The van der Waals surface area contributed by atoms with Gasteiger partial charge in [0.15, 0.2) is 5.76 Å². The lowest BCUT2D eigenvalue weighted by Crippen LogP contribution is -2.57. The number of benzene rings is 1. The third kappa shape index (κ3) is 4.60. The number of anilines is 1. The van der Waals surface area contributed by atoms with Gasteiger partial charge in [0.25, 0.3) is 11.8 Å². The van der Waals surface area contributed by atoms with Gasteiger partial charge in [-0.15, -0.1) is 0 Å². The summed E-state index contributed by atoms with van der Waals surface area (Å²) in [4.78, 5) is 44.5. The van der Waals surface area contributed by atoms with E-state index in [4.69, 9.17) is 4.42 Å². The van der Waals surface area contributed by atoms with Gasteiger partial charge in [0.05, 0.1) is 12.9 Å². The number of hydrogen-bond donors (Lipinski definition) is 1. The third-order valence-corrected chi connectivity index (χ3v) is 6.87. The average molecular weight is 453 g/mol. The Kier molecular flexibility index (Phi) is 6.72. The molecule has 0 bridgehead atoms. The molecule has 1 atom stereocenters. The van der Waals surface area contributed by atoms with Crippen molar-refractivity contribution < 1.29 is 18.8 Å². The molecule has 0 aliphatic carbocycles. The minimum Gasteiger partial charge on any atom is -0.459 e. The van der Waals surface area contributed by atoms with Crippen molar-refractivity contribution in [3.8, 4) is 0 Å². The number of nitrogens with one attached hydrogen (secondary N) is 1. The van der Waals surface area contributed by atoms with Crippen molar-refractivity contribution in [1.29, 1.82) is 0 Å². The normalized spacial score (nSPS) is 18.6. The van der Waals surface area contributed by atoms with Gasteiger partial charge in [-0.25, -0.2) is 0 Å². The van der Waals surface area contributed by atoms with Crippen LogP contribution in [-0.4, -0.2) is 65.9 Å². The second-order valence-corrected chi connectivity index (χ2v) is 9.03. The number of carbonyl (C=O) groups excluding carboxylic acids is 3. The van der Waals surface area contributed by atoms with Crippen LogP contribution in [0.15, 0.2) is 53.1 Å². The first-order valence-corrected chi connectivity index (χ1v) is 11.7. The number of para-hydroxylation sites is 1. The molecule has 3 heterocycles. The number of piperidine rings is 1. The fraction of sp³-hybridized carbons (Fsp3) is 0.480. The highest BCUT2D eigenvalue weighted by atomic mass is 16.3. The summed E-state index contributed by atoms with van der Waals surface area (Å²) in [5.41, 5.74) is 0.178. The fourth-order valence-electron chi connectivity index (χ4n) is 4.62. The highest BCUT2D eigenvalue weighted by Crippen LogP contribution is 2.39. The van der Waals surface area contributed by atoms with E-state index in [1.807, 2.05) is 30.3 Å². The summed E-state index contributed by atoms with van der Waals surface area (Å²) < 4.78 is 5.26. The van der Waals surface area contributed by atoms with Gasteiger partial charge in [0, 0.05) is 25.3 Å². The molecule has 3 amide bonds. The van der Waals surface area contributed by atoms with Gasteiger partial charge >= 0.3 is 0 Å². The maximum atomic E-state index is 13.7. The van der Waals surface area contributed by atoms with Crippen LogP contribution in [-0.2, 0) is 9.59 Å². The first-order valence-electron chi connectivity index (χ1n) is 11.7. The molecular weight excluding hydrogens is 420 g/mol. The average Bonchev–Trinajstić information content (AvgIpc) is 3.47. The molecule has 0 radical (unpaired) electrons. The van der Waals surface area contributed by atoms with Crippen molar-refractivity contribution in [3.05, 3.63) is 54.5 Å². The molecule has 1 spiro atoms. The molecule has 33 heavy (non-hydrogen) atoms. The molecule has 2 fully saturated rings. The Morgan fingerprint density at radius 3 is 2.48 bits per heavy atom. The molecule has 8 heteroatoms. The van der Waals surface area contributed by atoms with E-state index in [1.165, 1.54) is 6.26 Å². The van der Waals surface area contributed by atoms with Gasteiger partial charge in [-0.05, 0) is 43.0 Å². The molecule has 2 aromatic rings. The largest absolute Gasteiger partial charge is 0.459 e. The Morgan fingerprint density at radius 1 is 1.12 bits per heavy atom. The second kappa shape index (κ2) is 9.68. The molecule has 176 valence electrons. The molecular formula is C25H32N4O4. The van der Waals surface area contributed by atoms with Crippen molar-refractivity contribution in [1.82, 2.24) is 15.1 Å². The molecule has 1 aromatic carbocycles. The van der Waals surface area contributed by atoms with Crippen LogP contribution in [0.2, 0.25) is 0 Å². The van der Waals surface area contributed by atoms with Gasteiger partial charge in [-0.1, -0.05) is 38.5 Å². The van der Waals surface area contributed by atoms with E-state index in [9.17, 15) is 14.4 Å². The number of hydrogen-bond acceptors (Lipinski definition) is 5. The quantitative estimate of drug-likeness (QED) is 0.698. The summed E-state index contributed by atoms with van der Waals surface area (Å²) >= 11 is 0. The Balaban J connectivity index is 1.50. The Bertz CT molecular complexity index is 968. The van der Waals surface area contributed by atoms with E-state index in [-0.39, 0.29) is 24.3 Å². The molecule has 1 aromatic heterocycles. The predicted octanol–water partition coefficient (Wildman–Crippen LogP) is 2.72. The Morgan fingerprint density at radius 2 is 1.85 bits per heavy atom. The molecule has 0 saturated carbocycles. The maximum Gasteiger partial charge on any atom is 0.289 e. The van der Waals surface area contributed by atoms with Crippen LogP contribution < -0.4 is 10.2 Å². The zero-order chi connectivity index (χ0) is 23.4. The summed E-state index contributed by atoms with van der Waals surface area (Å²) in [7, 11) is 0. The van der Waals surface area contributed by atoms with Crippen LogP contribution in [0.4, 0.5) is 5.69 Å². The predicted molar refractivity (Wildman–Crippen MR) is 125 cm³/mol. The number of nitrogens with zero attached hydrogens (tertiary/aromatic N) is 3. The number of carbonyl (C=O) groups is 3. The van der Waals surface area contributed by atoms with Gasteiger partial charge < -0.3 is 24.4 Å². The van der Waals surface area contributed by atoms with Crippen LogP contribution in [0.25, 0.3) is 0 Å². The fourth-order valence-corrected chi connectivity index (χ4v) is 4.62.